The summed E-state index contributed by atoms with van der Waals surface area (Å²) < 4.78 is 11.2. The Balaban J connectivity index is 1.47. The fraction of sp³-hybridized carbons (Fsp3) is 0.613. The number of unbranched alkanes of at least 4 members (excludes halogenated alkanes) is 2. The van der Waals surface area contributed by atoms with Crippen molar-refractivity contribution in [3.05, 3.63) is 48.1 Å². The molecular weight excluding hydrogens is 464 g/mol. The Labute approximate surface area is 221 Å². The van der Waals surface area contributed by atoms with Crippen molar-refractivity contribution in [1.29, 1.82) is 0 Å². The van der Waals surface area contributed by atoms with Crippen molar-refractivity contribution >= 4 is 11.8 Å². The molecule has 0 radical (unpaired) electrons. The van der Waals surface area contributed by atoms with Crippen molar-refractivity contribution in [3.8, 4) is 11.5 Å². The maximum Gasteiger partial charge on any atom is 0.246 e. The third-order valence-electron chi connectivity index (χ3n) is 8.65. The molecule has 0 spiro atoms. The third-order valence-corrected chi connectivity index (χ3v) is 8.65. The van der Waals surface area contributed by atoms with Crippen LogP contribution in [0.2, 0.25) is 0 Å². The van der Waals surface area contributed by atoms with Crippen LogP contribution in [-0.4, -0.2) is 54.6 Å². The largest absolute Gasteiger partial charge is 0.454 e. The van der Waals surface area contributed by atoms with Gasteiger partial charge in [-0.15, -0.1) is 0 Å². The molecule has 2 saturated heterocycles. The van der Waals surface area contributed by atoms with Crippen molar-refractivity contribution in [3.63, 3.8) is 0 Å². The first-order valence-electron chi connectivity index (χ1n) is 14.5. The first kappa shape index (κ1) is 25.9. The van der Waals surface area contributed by atoms with Crippen LogP contribution in [-0.2, 0) is 9.59 Å². The number of hydrogen-bond acceptors (Lipinski definition) is 4. The summed E-state index contributed by atoms with van der Waals surface area (Å²) in [6.07, 6.45) is 18.3. The van der Waals surface area contributed by atoms with Crippen LogP contribution in [0, 0.1) is 17.8 Å². The molecule has 0 bridgehead atoms. The quantitative estimate of drug-likeness (QED) is 0.258. The van der Waals surface area contributed by atoms with Crippen LogP contribution in [0.15, 0.2) is 42.5 Å². The molecule has 1 aromatic carbocycles. The summed E-state index contributed by atoms with van der Waals surface area (Å²) in [6, 6.07) is 6.18. The number of allylic oxidation sites excluding steroid dienone is 2. The second-order valence-corrected chi connectivity index (χ2v) is 11.1. The minimum absolute atomic E-state index is 0.0625. The number of ether oxygens (including phenoxy) is 2. The lowest BCUT2D eigenvalue weighted by molar-refractivity contribution is -0.137. The van der Waals surface area contributed by atoms with Crippen molar-refractivity contribution in [1.82, 2.24) is 9.80 Å². The Kier molecular flexibility index (Phi) is 8.52. The Morgan fingerprint density at radius 3 is 2.43 bits per heavy atom. The average molecular weight is 507 g/mol. The predicted molar refractivity (Wildman–Crippen MR) is 144 cm³/mol. The first-order valence-corrected chi connectivity index (χ1v) is 14.5. The van der Waals surface area contributed by atoms with Crippen molar-refractivity contribution in [2.75, 3.05) is 33.0 Å². The van der Waals surface area contributed by atoms with Gasteiger partial charge in [-0.05, 0) is 74.1 Å². The van der Waals surface area contributed by atoms with E-state index in [9.17, 15) is 9.59 Å². The Morgan fingerprint density at radius 1 is 0.919 bits per heavy atom. The van der Waals surface area contributed by atoms with Gasteiger partial charge >= 0.3 is 0 Å². The molecule has 3 heterocycles. The summed E-state index contributed by atoms with van der Waals surface area (Å²) in [5.74, 6) is 2.07. The lowest BCUT2D eigenvalue weighted by atomic mass is 9.66. The molecule has 2 fully saturated rings. The molecule has 200 valence electrons. The van der Waals surface area contributed by atoms with Gasteiger partial charge < -0.3 is 19.3 Å². The van der Waals surface area contributed by atoms with E-state index >= 15 is 0 Å². The fourth-order valence-electron chi connectivity index (χ4n) is 6.56. The van der Waals surface area contributed by atoms with E-state index in [-0.39, 0.29) is 42.3 Å². The number of carbonyl (C=O) groups excluding carboxylic acids is 2. The van der Waals surface area contributed by atoms with E-state index in [0.717, 1.165) is 94.6 Å². The molecule has 4 atom stereocenters. The van der Waals surface area contributed by atoms with Crippen LogP contribution in [0.5, 0.6) is 11.5 Å². The predicted octanol–water partition coefficient (Wildman–Crippen LogP) is 5.69. The highest BCUT2D eigenvalue weighted by Gasteiger charge is 2.40. The Morgan fingerprint density at radius 2 is 1.65 bits per heavy atom. The maximum atomic E-state index is 13.8. The Bertz CT molecular complexity index is 1010. The number of rotatable bonds is 8. The van der Waals surface area contributed by atoms with Gasteiger partial charge in [-0.2, -0.15) is 0 Å². The number of piperidine rings is 1. The lowest BCUT2D eigenvalue weighted by Gasteiger charge is -2.41. The monoisotopic (exact) mass is 506 g/mol. The van der Waals surface area contributed by atoms with Crippen LogP contribution in [0.1, 0.15) is 76.2 Å². The summed E-state index contributed by atoms with van der Waals surface area (Å²) in [5.41, 5.74) is 1.15. The molecule has 2 amide bonds. The number of carbonyl (C=O) groups is 2. The molecule has 6 nitrogen and oxygen atoms in total. The second kappa shape index (κ2) is 12.2. The standard InChI is InChI=1S/C31H42N2O4/c1-2-3-5-10-25-26(14-16-30(34)32-17-8-9-18-32)24(23-11-15-28-29(21-23)37-22-36-28)12-13-27(25)31(35)33-19-6-4-7-20-33/h11-16,21,24-27H,2-10,17-20,22H2,1H3. The van der Waals surface area contributed by atoms with Crippen LogP contribution < -0.4 is 9.47 Å². The normalized spacial score (nSPS) is 27.3. The minimum Gasteiger partial charge on any atom is -0.454 e. The SMILES string of the molecule is CCCCCC1C(C(=O)N2CCCCC2)C=CC(c2ccc3c(c2)OCO3)C1C=CC(=O)N1CCCC1. The van der Waals surface area contributed by atoms with Crippen LogP contribution in [0.3, 0.4) is 0 Å². The molecule has 0 N–H and O–H groups in total. The van der Waals surface area contributed by atoms with Crippen molar-refractivity contribution in [2.24, 2.45) is 17.8 Å². The van der Waals surface area contributed by atoms with E-state index < -0.39 is 0 Å². The summed E-state index contributed by atoms with van der Waals surface area (Å²) in [7, 11) is 0. The van der Waals surface area contributed by atoms with E-state index in [1.165, 1.54) is 6.42 Å². The van der Waals surface area contributed by atoms with Gasteiger partial charge in [-0.25, -0.2) is 0 Å². The van der Waals surface area contributed by atoms with Gasteiger partial charge in [0.25, 0.3) is 0 Å². The summed E-state index contributed by atoms with van der Waals surface area (Å²) in [5, 5.41) is 0. The van der Waals surface area contributed by atoms with E-state index in [1.807, 2.05) is 11.0 Å². The first-order chi connectivity index (χ1) is 18.2. The molecule has 6 heteroatoms. The van der Waals surface area contributed by atoms with Gasteiger partial charge in [0, 0.05) is 32.1 Å². The number of nitrogens with zero attached hydrogens (tertiary/aromatic N) is 2. The highest BCUT2D eigenvalue weighted by molar-refractivity contribution is 5.88. The highest BCUT2D eigenvalue weighted by Crippen LogP contribution is 2.46. The van der Waals surface area contributed by atoms with Crippen LogP contribution in [0.4, 0.5) is 0 Å². The fourth-order valence-corrected chi connectivity index (χ4v) is 6.56. The van der Waals surface area contributed by atoms with Gasteiger partial charge in [-0.1, -0.05) is 50.5 Å². The van der Waals surface area contributed by atoms with Crippen molar-refractivity contribution in [2.45, 2.75) is 70.6 Å². The molecule has 3 aliphatic heterocycles. The second-order valence-electron chi connectivity index (χ2n) is 11.1. The Hall–Kier alpha value is -2.76. The molecule has 1 aliphatic carbocycles. The average Bonchev–Trinajstić information content (AvgIpc) is 3.64. The van der Waals surface area contributed by atoms with E-state index in [4.69, 9.17) is 9.47 Å². The van der Waals surface area contributed by atoms with Gasteiger partial charge in [0.1, 0.15) is 0 Å². The minimum atomic E-state index is -0.142. The zero-order valence-electron chi connectivity index (χ0n) is 22.3. The maximum absolute atomic E-state index is 13.8. The van der Waals surface area contributed by atoms with Crippen molar-refractivity contribution < 1.29 is 19.1 Å². The lowest BCUT2D eigenvalue weighted by Crippen LogP contribution is -2.44. The zero-order valence-corrected chi connectivity index (χ0v) is 22.3. The van der Waals surface area contributed by atoms with E-state index in [2.05, 4.69) is 42.2 Å². The molecular formula is C31H42N2O4. The van der Waals surface area contributed by atoms with Crippen LogP contribution >= 0.6 is 0 Å². The van der Waals surface area contributed by atoms with Gasteiger partial charge in [-0.3, -0.25) is 9.59 Å². The van der Waals surface area contributed by atoms with Gasteiger partial charge in [0.05, 0.1) is 5.92 Å². The van der Waals surface area contributed by atoms with Crippen LogP contribution in [0.25, 0.3) is 0 Å². The number of hydrogen-bond donors (Lipinski definition) is 0. The smallest absolute Gasteiger partial charge is 0.246 e. The topological polar surface area (TPSA) is 59.1 Å². The highest BCUT2D eigenvalue weighted by atomic mass is 16.7. The zero-order chi connectivity index (χ0) is 25.6. The summed E-state index contributed by atoms with van der Waals surface area (Å²) >= 11 is 0. The summed E-state index contributed by atoms with van der Waals surface area (Å²) in [6.45, 7) is 5.89. The van der Waals surface area contributed by atoms with Gasteiger partial charge in [0.15, 0.2) is 11.5 Å². The van der Waals surface area contributed by atoms with Gasteiger partial charge in [0.2, 0.25) is 18.6 Å². The molecule has 0 saturated carbocycles. The molecule has 37 heavy (non-hydrogen) atoms. The van der Waals surface area contributed by atoms with E-state index in [0.29, 0.717) is 0 Å². The molecule has 4 unspecified atom stereocenters. The molecule has 1 aromatic rings. The molecule has 5 rings (SSSR count). The number of fused-ring (bicyclic) bond motifs is 1. The molecule has 0 aromatic heterocycles. The molecule has 4 aliphatic rings. The van der Waals surface area contributed by atoms with E-state index in [1.54, 1.807) is 6.08 Å². The third kappa shape index (κ3) is 5.89. The summed E-state index contributed by atoms with van der Waals surface area (Å²) in [4.78, 5) is 30.9. The number of likely N-dealkylation sites (tertiary alicyclic amines) is 2. The number of benzene rings is 1. The number of amides is 2.